The van der Waals surface area contributed by atoms with Gasteiger partial charge in [-0.25, -0.2) is 0 Å². The molecule has 6 rings (SSSR count). The van der Waals surface area contributed by atoms with Gasteiger partial charge in [-0.05, 0) is 77.2 Å². The molecule has 3 N–H and O–H groups in total. The van der Waals surface area contributed by atoms with Crippen LogP contribution in [-0.2, 0) is 9.59 Å². The fourth-order valence-corrected chi connectivity index (χ4v) is 6.51. The van der Waals surface area contributed by atoms with Crippen molar-refractivity contribution in [1.29, 1.82) is 5.41 Å². The summed E-state index contributed by atoms with van der Waals surface area (Å²) in [5.74, 6) is 0.630. The van der Waals surface area contributed by atoms with E-state index in [2.05, 4.69) is 23.7 Å². The minimum atomic E-state index is -0.602. The van der Waals surface area contributed by atoms with Crippen LogP contribution in [0.1, 0.15) is 73.6 Å². The average molecular weight is 531 g/mol. The number of Topliss-reactive ketones (excluding diaryl/α,β-unsaturated/α-hetero) is 2. The normalized spacial score (nSPS) is 26.0. The van der Waals surface area contributed by atoms with Gasteiger partial charge in [-0.1, -0.05) is 61.5 Å². The molecule has 0 bridgehead atoms. The topological polar surface area (TPSA) is 109 Å². The molecule has 202 valence electrons. The predicted octanol–water partition coefficient (Wildman–Crippen LogP) is 5.99. The van der Waals surface area contributed by atoms with E-state index >= 15 is 0 Å². The largest absolute Gasteiger partial charge is 0.318 e. The molecular weight excluding hydrogens is 496 g/mol. The first-order valence-corrected chi connectivity index (χ1v) is 14.2. The Hall–Kier alpha value is -4.03. The van der Waals surface area contributed by atoms with Gasteiger partial charge in [0.05, 0.1) is 12.5 Å². The SMILES string of the molecule is C=C1C=CN=C(C2CCCC(c3cccc(C(=N)CC(=O)C4=NC4c4ccccc4)c3)CC2)C2=C1C(N)C(=O)C2. The average Bonchev–Trinajstić information content (AvgIpc) is 3.77. The number of allylic oxidation sites excluding steroid dienone is 2. The molecule has 2 aromatic carbocycles. The second-order valence-corrected chi connectivity index (χ2v) is 11.3. The van der Waals surface area contributed by atoms with E-state index in [-0.39, 0.29) is 29.9 Å². The van der Waals surface area contributed by atoms with E-state index in [4.69, 9.17) is 16.1 Å². The Balaban J connectivity index is 1.11. The zero-order chi connectivity index (χ0) is 27.8. The van der Waals surface area contributed by atoms with Crippen molar-refractivity contribution in [3.8, 4) is 0 Å². The minimum Gasteiger partial charge on any atom is -0.318 e. The van der Waals surface area contributed by atoms with E-state index in [0.29, 0.717) is 23.8 Å². The smallest absolute Gasteiger partial charge is 0.185 e. The maximum absolute atomic E-state index is 12.8. The lowest BCUT2D eigenvalue weighted by Gasteiger charge is -2.19. The number of carbonyl (C=O) groups excluding carboxylic acids is 2. The zero-order valence-corrected chi connectivity index (χ0v) is 22.6. The van der Waals surface area contributed by atoms with Crippen LogP contribution >= 0.6 is 0 Å². The van der Waals surface area contributed by atoms with Crippen molar-refractivity contribution in [3.63, 3.8) is 0 Å². The molecule has 1 saturated carbocycles. The van der Waals surface area contributed by atoms with Crippen molar-refractivity contribution in [1.82, 2.24) is 0 Å². The fraction of sp³-hybridized carbons (Fsp3) is 0.324. The summed E-state index contributed by atoms with van der Waals surface area (Å²) in [6, 6.07) is 17.2. The van der Waals surface area contributed by atoms with Crippen LogP contribution < -0.4 is 5.73 Å². The Bertz CT molecular complexity index is 1530. The van der Waals surface area contributed by atoms with Crippen molar-refractivity contribution in [2.24, 2.45) is 21.6 Å². The molecule has 0 aromatic heterocycles. The zero-order valence-electron chi connectivity index (χ0n) is 22.6. The van der Waals surface area contributed by atoms with Crippen LogP contribution in [0.2, 0.25) is 0 Å². The number of carbonyl (C=O) groups is 2. The lowest BCUT2D eigenvalue weighted by atomic mass is 9.86. The van der Waals surface area contributed by atoms with E-state index in [1.54, 1.807) is 6.20 Å². The number of aliphatic imine (C=N–C) groups is 2. The van der Waals surface area contributed by atoms with Crippen LogP contribution in [0.3, 0.4) is 0 Å². The maximum atomic E-state index is 12.8. The number of benzene rings is 2. The number of rotatable bonds is 7. The Kier molecular flexibility index (Phi) is 7.11. The molecule has 4 aliphatic rings. The first kappa shape index (κ1) is 26.2. The lowest BCUT2D eigenvalue weighted by Crippen LogP contribution is -2.28. The van der Waals surface area contributed by atoms with Crippen LogP contribution in [0.4, 0.5) is 0 Å². The van der Waals surface area contributed by atoms with Gasteiger partial charge in [-0.15, -0.1) is 0 Å². The highest BCUT2D eigenvalue weighted by molar-refractivity contribution is 6.49. The third-order valence-corrected chi connectivity index (χ3v) is 8.74. The van der Waals surface area contributed by atoms with Gasteiger partial charge in [-0.3, -0.25) is 19.6 Å². The lowest BCUT2D eigenvalue weighted by molar-refractivity contribution is -0.118. The van der Waals surface area contributed by atoms with Crippen LogP contribution in [0.25, 0.3) is 0 Å². The van der Waals surface area contributed by atoms with Gasteiger partial charge in [0.1, 0.15) is 11.8 Å². The Morgan fingerprint density at radius 1 is 1.00 bits per heavy atom. The summed E-state index contributed by atoms with van der Waals surface area (Å²) in [6.45, 7) is 4.13. The fourth-order valence-electron chi connectivity index (χ4n) is 6.51. The molecule has 2 aliphatic carbocycles. The quantitative estimate of drug-likeness (QED) is 0.339. The van der Waals surface area contributed by atoms with Crippen LogP contribution in [-0.4, -0.2) is 34.7 Å². The summed E-state index contributed by atoms with van der Waals surface area (Å²) in [4.78, 5) is 34.5. The first-order chi connectivity index (χ1) is 19.4. The summed E-state index contributed by atoms with van der Waals surface area (Å²) in [5, 5.41) is 8.66. The summed E-state index contributed by atoms with van der Waals surface area (Å²) >= 11 is 0. The number of nitrogens with zero attached hydrogens (tertiary/aromatic N) is 2. The van der Waals surface area contributed by atoms with Gasteiger partial charge in [-0.2, -0.15) is 0 Å². The van der Waals surface area contributed by atoms with Crippen molar-refractivity contribution < 1.29 is 9.59 Å². The Labute approximate surface area is 235 Å². The molecule has 4 atom stereocenters. The van der Waals surface area contributed by atoms with Crippen molar-refractivity contribution in [3.05, 3.63) is 107 Å². The standard InChI is InChI=1S/C34H34N4O2/c1-20-15-16-37-32(26-18-28(39)31(36)30(20)26)23-10-5-9-21(13-14-23)24-11-6-12-25(17-24)27(35)19-29(40)34-33(38-34)22-7-3-2-4-8-22/h2-4,6-8,11-12,15-17,21,23,31,33,35H,1,5,9-10,13-14,18-19,36H2. The maximum Gasteiger partial charge on any atom is 0.185 e. The van der Waals surface area contributed by atoms with Gasteiger partial charge in [0.25, 0.3) is 0 Å². The number of nitrogens with two attached hydrogens (primary N) is 1. The Morgan fingerprint density at radius 2 is 1.75 bits per heavy atom. The molecule has 6 nitrogen and oxygen atoms in total. The highest BCUT2D eigenvalue weighted by Gasteiger charge is 2.37. The van der Waals surface area contributed by atoms with Gasteiger partial charge >= 0.3 is 0 Å². The molecule has 0 amide bonds. The summed E-state index contributed by atoms with van der Waals surface area (Å²) in [5.41, 5.74) is 13.8. The van der Waals surface area contributed by atoms with E-state index in [9.17, 15) is 9.59 Å². The molecule has 4 unspecified atom stereocenters. The van der Waals surface area contributed by atoms with E-state index in [0.717, 1.165) is 65.7 Å². The monoisotopic (exact) mass is 530 g/mol. The molecular formula is C34H34N4O2. The highest BCUT2D eigenvalue weighted by atomic mass is 16.1. The summed E-state index contributed by atoms with van der Waals surface area (Å²) < 4.78 is 0. The van der Waals surface area contributed by atoms with Gasteiger partial charge < -0.3 is 11.1 Å². The number of nitrogens with one attached hydrogen (secondary N) is 1. The van der Waals surface area contributed by atoms with Crippen molar-refractivity contribution in [2.45, 2.75) is 62.9 Å². The second kappa shape index (κ2) is 10.9. The number of hydrogen-bond donors (Lipinski definition) is 2. The molecule has 2 heterocycles. The van der Waals surface area contributed by atoms with Crippen molar-refractivity contribution >= 4 is 28.7 Å². The van der Waals surface area contributed by atoms with Crippen LogP contribution in [0, 0.1) is 11.3 Å². The number of hydrogen-bond acceptors (Lipinski definition) is 6. The summed E-state index contributed by atoms with van der Waals surface area (Å²) in [7, 11) is 0. The molecule has 0 spiro atoms. The van der Waals surface area contributed by atoms with Crippen LogP contribution in [0.5, 0.6) is 0 Å². The van der Waals surface area contributed by atoms with Gasteiger partial charge in [0.2, 0.25) is 0 Å². The molecule has 6 heteroatoms. The first-order valence-electron chi connectivity index (χ1n) is 14.2. The summed E-state index contributed by atoms with van der Waals surface area (Å²) in [6.07, 6.45) is 9.19. The molecule has 40 heavy (non-hydrogen) atoms. The highest BCUT2D eigenvalue weighted by Crippen LogP contribution is 2.40. The number of ketones is 2. The van der Waals surface area contributed by atoms with Crippen molar-refractivity contribution in [2.75, 3.05) is 0 Å². The third kappa shape index (κ3) is 5.11. The molecule has 2 aliphatic heterocycles. The van der Waals surface area contributed by atoms with Crippen LogP contribution in [0.15, 0.2) is 100 Å². The minimum absolute atomic E-state index is 0.0442. The van der Waals surface area contributed by atoms with E-state index < -0.39 is 6.04 Å². The van der Waals surface area contributed by atoms with E-state index in [1.807, 2.05) is 48.5 Å². The second-order valence-electron chi connectivity index (χ2n) is 11.3. The predicted molar refractivity (Wildman–Crippen MR) is 159 cm³/mol. The molecule has 0 radical (unpaired) electrons. The van der Waals surface area contributed by atoms with Gasteiger partial charge in [0, 0.05) is 30.0 Å². The third-order valence-electron chi connectivity index (χ3n) is 8.74. The Morgan fingerprint density at radius 3 is 2.58 bits per heavy atom. The molecule has 1 fully saturated rings. The molecule has 2 aromatic rings. The van der Waals surface area contributed by atoms with E-state index in [1.165, 1.54) is 5.56 Å². The molecule has 0 saturated heterocycles. The van der Waals surface area contributed by atoms with Gasteiger partial charge in [0.15, 0.2) is 11.6 Å².